The summed E-state index contributed by atoms with van der Waals surface area (Å²) >= 11 is 0. The topological polar surface area (TPSA) is 192 Å². The van der Waals surface area contributed by atoms with Crippen molar-refractivity contribution in [1.82, 2.24) is 19.8 Å². The van der Waals surface area contributed by atoms with Crippen LogP contribution in [-0.2, 0) is 37.4 Å². The van der Waals surface area contributed by atoms with Gasteiger partial charge in [0.1, 0.15) is 22.8 Å². The summed E-state index contributed by atoms with van der Waals surface area (Å²) < 4.78 is 72.5. The Balaban J connectivity index is 0.948. The molecule has 0 bridgehead atoms. The first-order valence-electron chi connectivity index (χ1n) is 20.7. The number of furan rings is 2. The SMILES string of the molecule is CCOC(=O)C(=O)c1cn(C(CNC(=O)Cc2coc3ccc(F)cc23)CC2Oc3cc4c(C5=C(c6coc7ccc(F)cc67)C(=O)NC5=O)cn(C)c4cc3O2)c2cc3c(cc12)OCO3. The molecule has 11 rings (SSSR count). The molecule has 0 fully saturated rings. The van der Waals surface area contributed by atoms with Crippen molar-refractivity contribution >= 4 is 84.4 Å². The van der Waals surface area contributed by atoms with E-state index in [1.807, 2.05) is 0 Å². The molecule has 3 aliphatic rings. The largest absolute Gasteiger partial charge is 0.464 e. The second-order valence-electron chi connectivity index (χ2n) is 16.0. The summed E-state index contributed by atoms with van der Waals surface area (Å²) in [5.74, 6) is -3.28. The number of Topliss-reactive ketones (excluding diaryl/α,β-unsaturated/α-hetero) is 1. The highest BCUT2D eigenvalue weighted by molar-refractivity contribution is 6.50. The van der Waals surface area contributed by atoms with E-state index in [0.717, 1.165) is 0 Å². The van der Waals surface area contributed by atoms with E-state index in [4.69, 9.17) is 32.5 Å². The number of ketones is 1. The van der Waals surface area contributed by atoms with E-state index in [1.54, 1.807) is 53.6 Å². The van der Waals surface area contributed by atoms with Crippen LogP contribution in [0.1, 0.15) is 46.4 Å². The fourth-order valence-electron chi connectivity index (χ4n) is 8.94. The first kappa shape index (κ1) is 40.4. The quantitative estimate of drug-likeness (QED) is 0.0552. The molecule has 3 amide bonds. The van der Waals surface area contributed by atoms with E-state index >= 15 is 0 Å². The third-order valence-electron chi connectivity index (χ3n) is 12.0. The maximum atomic E-state index is 14.4. The number of amides is 3. The van der Waals surface area contributed by atoms with E-state index in [0.29, 0.717) is 77.9 Å². The molecule has 3 aliphatic heterocycles. The lowest BCUT2D eigenvalue weighted by Gasteiger charge is -2.23. The van der Waals surface area contributed by atoms with E-state index in [9.17, 15) is 32.8 Å². The van der Waals surface area contributed by atoms with Crippen LogP contribution in [-0.4, -0.2) is 64.8 Å². The van der Waals surface area contributed by atoms with Gasteiger partial charge in [0.15, 0.2) is 23.0 Å². The van der Waals surface area contributed by atoms with Crippen LogP contribution in [0.15, 0.2) is 94.4 Å². The zero-order chi connectivity index (χ0) is 45.5. The lowest BCUT2D eigenvalue weighted by molar-refractivity contribution is -0.137. The molecule has 2 N–H and O–H groups in total. The third kappa shape index (κ3) is 6.67. The molecule has 4 aromatic heterocycles. The third-order valence-corrected chi connectivity index (χ3v) is 12.0. The highest BCUT2D eigenvalue weighted by atomic mass is 19.1. The first-order valence-corrected chi connectivity index (χ1v) is 20.7. The number of imide groups is 1. The Labute approximate surface area is 370 Å². The lowest BCUT2D eigenvalue weighted by atomic mass is 9.95. The van der Waals surface area contributed by atoms with Gasteiger partial charge < -0.3 is 47.0 Å². The van der Waals surface area contributed by atoms with Gasteiger partial charge in [-0.25, -0.2) is 13.6 Å². The monoisotopic (exact) mass is 896 g/mol. The van der Waals surface area contributed by atoms with Crippen molar-refractivity contribution in [2.45, 2.75) is 32.1 Å². The number of benzene rings is 4. The van der Waals surface area contributed by atoms with Gasteiger partial charge in [-0.1, -0.05) is 0 Å². The summed E-state index contributed by atoms with van der Waals surface area (Å²) in [5.41, 5.74) is 3.07. The summed E-state index contributed by atoms with van der Waals surface area (Å²) in [4.78, 5) is 67.0. The second-order valence-corrected chi connectivity index (χ2v) is 16.0. The van der Waals surface area contributed by atoms with Crippen LogP contribution < -0.4 is 29.6 Å². The molecule has 8 aromatic rings. The summed E-state index contributed by atoms with van der Waals surface area (Å²) in [6.07, 6.45) is 4.84. The van der Waals surface area contributed by atoms with Gasteiger partial charge in [0.25, 0.3) is 17.6 Å². The Morgan fingerprint density at radius 1 is 0.788 bits per heavy atom. The zero-order valence-corrected chi connectivity index (χ0v) is 34.8. The van der Waals surface area contributed by atoms with Gasteiger partial charge in [0, 0.05) is 82.8 Å². The maximum absolute atomic E-state index is 14.4. The minimum atomic E-state index is -1.05. The normalized spacial score (nSPS) is 15.7. The highest BCUT2D eigenvalue weighted by Crippen LogP contribution is 2.46. The van der Waals surface area contributed by atoms with Crippen LogP contribution >= 0.6 is 0 Å². The molecule has 2 atom stereocenters. The zero-order valence-electron chi connectivity index (χ0n) is 34.8. The molecule has 0 radical (unpaired) electrons. The predicted octanol–water partition coefficient (Wildman–Crippen LogP) is 7.03. The summed E-state index contributed by atoms with van der Waals surface area (Å²) in [6.45, 7) is 1.45. The molecule has 7 heterocycles. The van der Waals surface area contributed by atoms with Crippen LogP contribution in [0.5, 0.6) is 23.0 Å². The Hall–Kier alpha value is -8.41. The first-order chi connectivity index (χ1) is 31.9. The Morgan fingerprint density at radius 3 is 2.20 bits per heavy atom. The highest BCUT2D eigenvalue weighted by Gasteiger charge is 2.37. The molecule has 0 saturated heterocycles. The van der Waals surface area contributed by atoms with E-state index < -0.39 is 53.4 Å². The van der Waals surface area contributed by atoms with Crippen molar-refractivity contribution in [3.05, 3.63) is 119 Å². The maximum Gasteiger partial charge on any atom is 0.379 e. The number of fused-ring (bicyclic) bond motifs is 6. The predicted molar refractivity (Wildman–Crippen MR) is 230 cm³/mol. The van der Waals surface area contributed by atoms with Gasteiger partial charge in [-0.05, 0) is 55.5 Å². The number of carbonyl (C=O) groups excluding carboxylic acids is 5. The van der Waals surface area contributed by atoms with Crippen molar-refractivity contribution in [1.29, 1.82) is 0 Å². The minimum Gasteiger partial charge on any atom is -0.464 e. The van der Waals surface area contributed by atoms with Crippen LogP contribution in [0.2, 0.25) is 0 Å². The summed E-state index contributed by atoms with van der Waals surface area (Å²) in [6, 6.07) is 14.0. The Morgan fingerprint density at radius 2 is 1.44 bits per heavy atom. The van der Waals surface area contributed by atoms with Gasteiger partial charge in [0.2, 0.25) is 19.0 Å². The fraction of sp³-hybridized carbons (Fsp3) is 0.188. The number of carbonyl (C=O) groups is 5. The Kier molecular flexibility index (Phi) is 9.41. The molecular weight excluding hydrogens is 863 g/mol. The van der Waals surface area contributed by atoms with Crippen molar-refractivity contribution in [2.75, 3.05) is 19.9 Å². The number of ether oxygens (including phenoxy) is 5. The number of halogens is 2. The van der Waals surface area contributed by atoms with Gasteiger partial charge in [-0.3, -0.25) is 24.5 Å². The molecule has 66 heavy (non-hydrogen) atoms. The van der Waals surface area contributed by atoms with Crippen LogP contribution in [0.3, 0.4) is 0 Å². The van der Waals surface area contributed by atoms with Crippen molar-refractivity contribution in [3.8, 4) is 23.0 Å². The van der Waals surface area contributed by atoms with Crippen molar-refractivity contribution < 1.29 is 65.3 Å². The van der Waals surface area contributed by atoms with Gasteiger partial charge in [-0.15, -0.1) is 0 Å². The molecule has 0 spiro atoms. The lowest BCUT2D eigenvalue weighted by Crippen LogP contribution is -2.34. The molecule has 0 aliphatic carbocycles. The molecular formula is C48H34F2N4O12. The van der Waals surface area contributed by atoms with Crippen LogP contribution in [0, 0.1) is 11.6 Å². The number of hydrogen-bond donors (Lipinski definition) is 2. The molecule has 4 aromatic carbocycles. The number of aryl methyl sites for hydroxylation is 1. The van der Waals surface area contributed by atoms with Crippen molar-refractivity contribution in [3.63, 3.8) is 0 Å². The minimum absolute atomic E-state index is 0.0211. The number of hydrogen-bond acceptors (Lipinski definition) is 12. The fourth-order valence-corrected chi connectivity index (χ4v) is 8.94. The molecule has 332 valence electrons. The van der Waals surface area contributed by atoms with Gasteiger partial charge in [-0.2, -0.15) is 0 Å². The number of nitrogens with zero attached hydrogens (tertiary/aromatic N) is 2. The van der Waals surface area contributed by atoms with E-state index in [-0.39, 0.29) is 55.1 Å². The number of esters is 1. The average Bonchev–Trinajstić information content (AvgIpc) is 4.18. The van der Waals surface area contributed by atoms with Crippen LogP contribution in [0.25, 0.3) is 54.9 Å². The summed E-state index contributed by atoms with van der Waals surface area (Å²) in [5, 5.41) is 7.02. The van der Waals surface area contributed by atoms with Crippen molar-refractivity contribution in [2.24, 2.45) is 7.05 Å². The van der Waals surface area contributed by atoms with Gasteiger partial charge >= 0.3 is 5.97 Å². The molecule has 16 nitrogen and oxygen atoms in total. The number of rotatable bonds is 12. The van der Waals surface area contributed by atoms with E-state index in [1.165, 1.54) is 55.1 Å². The molecule has 18 heteroatoms. The molecule has 0 saturated carbocycles. The molecule has 2 unspecified atom stereocenters. The van der Waals surface area contributed by atoms with E-state index in [2.05, 4.69) is 10.6 Å². The number of aromatic nitrogens is 2. The second kappa shape index (κ2) is 15.4. The average molecular weight is 897 g/mol. The Bertz CT molecular complexity index is 3470. The standard InChI is InChI=1S/C48H34F2N4O12/c1-3-60-48(59)45(56)31-18-54(34-15-38-37(12-28(31)34)63-21-64-38)25(16-51-41(55)8-22-19-61-35-6-4-23(49)9-26(22)35)11-42-65-39-13-27-30(17-53(2)33(27)14-40(39)66-42)43-44(47(58)52-46(43)57)32-20-62-36-7-5-24(50)10-29(32)36/h4-7,9-10,12-15,17-20,25,42H,3,8,11,16,21H2,1-2H3,(H,51,55)(H,52,57,58). The van der Waals surface area contributed by atoms with Gasteiger partial charge in [0.05, 0.1) is 59.3 Å². The smallest absolute Gasteiger partial charge is 0.379 e. The number of nitrogens with one attached hydrogen (secondary N) is 2. The van der Waals surface area contributed by atoms with Crippen LogP contribution in [0.4, 0.5) is 8.78 Å². The summed E-state index contributed by atoms with van der Waals surface area (Å²) in [7, 11) is 1.77.